The molecule has 0 aliphatic rings. The molecule has 6 N–H and O–H groups in total. The minimum atomic E-state index is -1.19. The molecule has 0 aliphatic heterocycles. The summed E-state index contributed by atoms with van der Waals surface area (Å²) in [6.07, 6.45) is 3.30. The summed E-state index contributed by atoms with van der Waals surface area (Å²) in [5.41, 5.74) is 3.40. The molecule has 2 aromatic carbocycles. The molecule has 3 aromatic heterocycles. The number of amides is 1. The summed E-state index contributed by atoms with van der Waals surface area (Å²) >= 11 is 0. The van der Waals surface area contributed by atoms with E-state index in [-0.39, 0.29) is 64.8 Å². The zero-order chi connectivity index (χ0) is 26.5. The Morgan fingerprint density at radius 3 is 2.48 bits per heavy atom. The summed E-state index contributed by atoms with van der Waals surface area (Å²) < 4.78 is 0. The topological polar surface area (TPSA) is 168 Å². The molecule has 0 fully saturated rings. The first-order valence-corrected chi connectivity index (χ1v) is 11.9. The Kier molecular flexibility index (Phi) is 10.9. The number of carboxylic acids is 1. The predicted molar refractivity (Wildman–Crippen MR) is 150 cm³/mol. The van der Waals surface area contributed by atoms with Gasteiger partial charge in [0.15, 0.2) is 0 Å². The van der Waals surface area contributed by atoms with E-state index in [2.05, 4.69) is 30.6 Å². The average Bonchev–Trinajstić information content (AvgIpc) is 3.39. The predicted octanol–water partition coefficient (Wildman–Crippen LogP) is 0.375. The number of fused-ring (bicyclic) bond motifs is 1. The Labute approximate surface area is 274 Å². The number of aromatic amines is 1. The van der Waals surface area contributed by atoms with Crippen LogP contribution in [0.3, 0.4) is 0 Å². The van der Waals surface area contributed by atoms with Crippen LogP contribution in [0.1, 0.15) is 11.8 Å². The SMILES string of the molecule is CNc1nccc(-c2cc3cc(C(=O)NC(CN(c4ccccc4)c4ccccn4)C(=O)O)ccc3[nH]2)n1.O.[H-].[K+]. The molecule has 0 saturated carbocycles. The van der Waals surface area contributed by atoms with Crippen molar-refractivity contribution in [1.82, 2.24) is 25.3 Å². The van der Waals surface area contributed by atoms with Crippen LogP contribution in [-0.4, -0.2) is 62.0 Å². The molecule has 12 heteroatoms. The molecule has 3 heterocycles. The summed E-state index contributed by atoms with van der Waals surface area (Å²) in [5, 5.41) is 16.4. The number of rotatable bonds is 9. The fourth-order valence-electron chi connectivity index (χ4n) is 4.10. The van der Waals surface area contributed by atoms with Gasteiger partial charge in [0.05, 0.1) is 17.9 Å². The number of H-pyrrole nitrogens is 1. The smallest absolute Gasteiger partial charge is 1.00 e. The number of pyridine rings is 1. The van der Waals surface area contributed by atoms with E-state index < -0.39 is 17.9 Å². The third-order valence-corrected chi connectivity index (χ3v) is 6.00. The van der Waals surface area contributed by atoms with Gasteiger partial charge in [-0.1, -0.05) is 24.3 Å². The van der Waals surface area contributed by atoms with Crippen molar-refractivity contribution < 1.29 is 73.0 Å². The van der Waals surface area contributed by atoms with Crippen molar-refractivity contribution >= 4 is 40.2 Å². The van der Waals surface area contributed by atoms with Crippen molar-refractivity contribution in [3.05, 3.63) is 96.8 Å². The quantitative estimate of drug-likeness (QED) is 0.186. The van der Waals surface area contributed by atoms with Gasteiger partial charge >= 0.3 is 57.4 Å². The van der Waals surface area contributed by atoms with Crippen LogP contribution in [-0.2, 0) is 4.79 Å². The Hall–Kier alpha value is -3.65. The Morgan fingerprint density at radius 2 is 1.77 bits per heavy atom. The van der Waals surface area contributed by atoms with E-state index in [9.17, 15) is 14.7 Å². The van der Waals surface area contributed by atoms with Gasteiger partial charge in [-0.05, 0) is 54.6 Å². The largest absolute Gasteiger partial charge is 1.00 e. The molecule has 0 bridgehead atoms. The summed E-state index contributed by atoms with van der Waals surface area (Å²) in [7, 11) is 1.75. The maximum absolute atomic E-state index is 13.2. The van der Waals surface area contributed by atoms with Gasteiger partial charge in [-0.25, -0.2) is 19.7 Å². The van der Waals surface area contributed by atoms with Crippen LogP contribution in [0.4, 0.5) is 17.5 Å². The second-order valence-corrected chi connectivity index (χ2v) is 8.50. The first-order valence-electron chi connectivity index (χ1n) is 11.9. The number of carboxylic acid groups (broad SMARTS) is 1. The van der Waals surface area contributed by atoms with Crippen LogP contribution in [0.25, 0.3) is 22.3 Å². The van der Waals surface area contributed by atoms with Crippen molar-refractivity contribution in [1.29, 1.82) is 0 Å². The average molecular weight is 566 g/mol. The van der Waals surface area contributed by atoms with E-state index in [1.54, 1.807) is 60.7 Å². The van der Waals surface area contributed by atoms with Crippen LogP contribution in [0.5, 0.6) is 0 Å². The zero-order valence-electron chi connectivity index (χ0n) is 23.0. The number of anilines is 3. The minimum absolute atomic E-state index is 0. The molecule has 40 heavy (non-hydrogen) atoms. The molecular formula is C28H28KN7O4. The number of hydrogen-bond acceptors (Lipinski definition) is 7. The van der Waals surface area contributed by atoms with Gasteiger partial charge in [0.25, 0.3) is 5.91 Å². The number of aromatic nitrogens is 4. The van der Waals surface area contributed by atoms with Gasteiger partial charge in [0.1, 0.15) is 11.9 Å². The standard InChI is InChI=1S/C28H25N7O3.K.H2O.H/c1-29-28-31-14-12-22(34-28)23-16-19-15-18(10-11-21(19)32-23)26(36)33-24(27(37)38)17-35(20-7-3-2-4-8-20)25-9-5-6-13-30-25;;;/h2-16,24,32H,17H2,1H3,(H,33,36)(H,37,38)(H,29,31,34);;1H2;/q;+1;;-1. The van der Waals surface area contributed by atoms with Gasteiger partial charge in [0, 0.05) is 41.6 Å². The summed E-state index contributed by atoms with van der Waals surface area (Å²) in [4.78, 5) is 43.4. The van der Waals surface area contributed by atoms with Crippen LogP contribution in [0, 0.1) is 0 Å². The molecule has 5 aromatic rings. The maximum atomic E-state index is 13.2. The van der Waals surface area contributed by atoms with Gasteiger partial charge < -0.3 is 32.5 Å². The first kappa shape index (κ1) is 30.9. The number of hydrogen-bond donors (Lipinski definition) is 4. The Morgan fingerprint density at radius 1 is 1.00 bits per heavy atom. The summed E-state index contributed by atoms with van der Waals surface area (Å²) in [5.74, 6) is -0.567. The van der Waals surface area contributed by atoms with Gasteiger partial charge in [-0.2, -0.15) is 0 Å². The molecule has 1 unspecified atom stereocenters. The van der Waals surface area contributed by atoms with Gasteiger partial charge in [-0.3, -0.25) is 4.79 Å². The molecule has 11 nitrogen and oxygen atoms in total. The third kappa shape index (κ3) is 7.10. The number of aliphatic carboxylic acids is 1. The maximum Gasteiger partial charge on any atom is 1.00 e. The van der Waals surface area contributed by atoms with E-state index in [0.717, 1.165) is 22.3 Å². The normalized spacial score (nSPS) is 11.0. The van der Waals surface area contributed by atoms with Crippen molar-refractivity contribution in [2.45, 2.75) is 6.04 Å². The third-order valence-electron chi connectivity index (χ3n) is 6.00. The van der Waals surface area contributed by atoms with E-state index >= 15 is 0 Å². The van der Waals surface area contributed by atoms with Crippen LogP contribution < -0.4 is 66.9 Å². The van der Waals surface area contributed by atoms with Crippen LogP contribution >= 0.6 is 0 Å². The fourth-order valence-corrected chi connectivity index (χ4v) is 4.10. The number of carbonyl (C=O) groups is 2. The number of carbonyl (C=O) groups excluding carboxylic acids is 1. The molecule has 0 saturated heterocycles. The van der Waals surface area contributed by atoms with Gasteiger partial charge in [0.2, 0.25) is 5.95 Å². The fraction of sp³-hybridized carbons (Fsp3) is 0.107. The Balaban J connectivity index is 0.00000196. The first-order chi connectivity index (χ1) is 18.5. The summed E-state index contributed by atoms with van der Waals surface area (Å²) in [6, 6.07) is 22.4. The van der Waals surface area contributed by atoms with Crippen molar-refractivity contribution in [2.24, 2.45) is 0 Å². The number of nitrogens with zero attached hydrogens (tertiary/aromatic N) is 4. The Bertz CT molecular complexity index is 1550. The van der Waals surface area contributed by atoms with Crippen LogP contribution in [0.15, 0.2) is 91.3 Å². The second kappa shape index (κ2) is 14.1. The molecule has 5 rings (SSSR count). The summed E-state index contributed by atoms with van der Waals surface area (Å²) in [6.45, 7) is -0.0137. The molecule has 0 aliphatic carbocycles. The van der Waals surface area contributed by atoms with Crippen LogP contribution in [0.2, 0.25) is 0 Å². The molecule has 1 atom stereocenters. The van der Waals surface area contributed by atoms with Gasteiger partial charge in [-0.15, -0.1) is 0 Å². The van der Waals surface area contributed by atoms with E-state index in [1.807, 2.05) is 42.5 Å². The van der Waals surface area contributed by atoms with Crippen molar-refractivity contribution in [3.63, 3.8) is 0 Å². The molecule has 200 valence electrons. The zero-order valence-corrected chi connectivity index (χ0v) is 25.1. The number of nitrogens with one attached hydrogen (secondary N) is 3. The second-order valence-electron chi connectivity index (χ2n) is 8.50. The molecule has 0 radical (unpaired) electrons. The monoisotopic (exact) mass is 565 g/mol. The van der Waals surface area contributed by atoms with E-state index in [1.165, 1.54) is 0 Å². The molecular weight excluding hydrogens is 537 g/mol. The number of para-hydroxylation sites is 1. The van der Waals surface area contributed by atoms with E-state index in [0.29, 0.717) is 23.0 Å². The van der Waals surface area contributed by atoms with Crippen molar-refractivity contribution in [3.8, 4) is 11.4 Å². The number of benzene rings is 2. The minimum Gasteiger partial charge on any atom is -1.00 e. The van der Waals surface area contributed by atoms with Crippen molar-refractivity contribution in [2.75, 3.05) is 23.8 Å². The molecule has 1 amide bonds. The van der Waals surface area contributed by atoms with E-state index in [4.69, 9.17) is 0 Å². The molecule has 0 spiro atoms.